The molecule has 110 valence electrons. The van der Waals surface area contributed by atoms with Crippen LogP contribution in [-0.4, -0.2) is 57.2 Å². The predicted molar refractivity (Wildman–Crippen MR) is 77.4 cm³/mol. The Bertz CT molecular complexity index is 325. The third kappa shape index (κ3) is 4.03. The molecule has 19 heavy (non-hydrogen) atoms. The molecule has 1 aliphatic heterocycles. The summed E-state index contributed by atoms with van der Waals surface area (Å²) in [6.07, 6.45) is 2.86. The maximum absolute atomic E-state index is 12.5. The zero-order chi connectivity index (χ0) is 14.4. The summed E-state index contributed by atoms with van der Waals surface area (Å²) in [5.41, 5.74) is 0. The molecule has 1 fully saturated rings. The molecular formula is C13H24N2O3S. The van der Waals surface area contributed by atoms with Gasteiger partial charge in [-0.2, -0.15) is 0 Å². The van der Waals surface area contributed by atoms with Crippen molar-refractivity contribution in [3.8, 4) is 0 Å². The van der Waals surface area contributed by atoms with E-state index in [1.165, 1.54) is 16.7 Å². The SMILES string of the molecule is CCCCN(C(=O)N1CSC[C@H]1C(=O)O)C(C)CC. The summed E-state index contributed by atoms with van der Waals surface area (Å²) < 4.78 is 0. The molecule has 0 aromatic heterocycles. The summed E-state index contributed by atoms with van der Waals surface area (Å²) in [5.74, 6) is 0.0656. The lowest BCUT2D eigenvalue weighted by Crippen LogP contribution is -2.51. The van der Waals surface area contributed by atoms with Crippen LogP contribution in [0.2, 0.25) is 0 Å². The number of amides is 2. The Morgan fingerprint density at radius 2 is 2.16 bits per heavy atom. The summed E-state index contributed by atoms with van der Waals surface area (Å²) >= 11 is 1.51. The van der Waals surface area contributed by atoms with Gasteiger partial charge in [-0.15, -0.1) is 11.8 Å². The number of hydrogen-bond acceptors (Lipinski definition) is 3. The molecule has 1 rings (SSSR count). The van der Waals surface area contributed by atoms with Gasteiger partial charge in [0.25, 0.3) is 0 Å². The lowest BCUT2D eigenvalue weighted by atomic mass is 10.2. The van der Waals surface area contributed by atoms with Crippen LogP contribution in [0, 0.1) is 0 Å². The first-order chi connectivity index (χ1) is 9.02. The number of thioether (sulfide) groups is 1. The maximum Gasteiger partial charge on any atom is 0.327 e. The van der Waals surface area contributed by atoms with E-state index < -0.39 is 12.0 Å². The lowest BCUT2D eigenvalue weighted by molar-refractivity contribution is -0.141. The highest BCUT2D eigenvalue weighted by atomic mass is 32.2. The molecule has 0 aromatic rings. The second kappa shape index (κ2) is 7.62. The largest absolute Gasteiger partial charge is 0.480 e. The van der Waals surface area contributed by atoms with Crippen molar-refractivity contribution in [2.24, 2.45) is 0 Å². The van der Waals surface area contributed by atoms with Crippen molar-refractivity contribution >= 4 is 23.8 Å². The van der Waals surface area contributed by atoms with Crippen molar-refractivity contribution in [1.82, 2.24) is 9.80 Å². The number of carboxylic acid groups (broad SMARTS) is 1. The molecule has 5 nitrogen and oxygen atoms in total. The first kappa shape index (κ1) is 16.1. The average Bonchev–Trinajstić information content (AvgIpc) is 2.87. The van der Waals surface area contributed by atoms with Crippen LogP contribution in [0.15, 0.2) is 0 Å². The van der Waals surface area contributed by atoms with Gasteiger partial charge >= 0.3 is 12.0 Å². The van der Waals surface area contributed by atoms with Crippen LogP contribution in [0.1, 0.15) is 40.0 Å². The molecule has 1 N–H and O–H groups in total. The Morgan fingerprint density at radius 1 is 1.47 bits per heavy atom. The van der Waals surface area contributed by atoms with Crippen LogP contribution in [0.5, 0.6) is 0 Å². The number of rotatable bonds is 6. The van der Waals surface area contributed by atoms with Gasteiger partial charge in [-0.25, -0.2) is 9.59 Å². The molecule has 0 aliphatic carbocycles. The number of carbonyl (C=O) groups excluding carboxylic acids is 1. The van der Waals surface area contributed by atoms with E-state index in [1.54, 1.807) is 0 Å². The number of hydrogen-bond donors (Lipinski definition) is 1. The predicted octanol–water partition coefficient (Wildman–Crippen LogP) is 2.47. The highest BCUT2D eigenvalue weighted by molar-refractivity contribution is 7.99. The minimum absolute atomic E-state index is 0.125. The van der Waals surface area contributed by atoms with Gasteiger partial charge in [0.2, 0.25) is 0 Å². The Hall–Kier alpha value is -0.910. The summed E-state index contributed by atoms with van der Waals surface area (Å²) in [6.45, 7) is 6.86. The lowest BCUT2D eigenvalue weighted by Gasteiger charge is -2.33. The molecular weight excluding hydrogens is 264 g/mol. The first-order valence-electron chi connectivity index (χ1n) is 6.90. The van der Waals surface area contributed by atoms with Gasteiger partial charge < -0.3 is 14.9 Å². The molecule has 0 bridgehead atoms. The Labute approximate surface area is 119 Å². The molecule has 6 heteroatoms. The van der Waals surface area contributed by atoms with Crippen molar-refractivity contribution in [1.29, 1.82) is 0 Å². The van der Waals surface area contributed by atoms with E-state index in [9.17, 15) is 9.59 Å². The molecule has 0 spiro atoms. The molecule has 2 amide bonds. The normalized spacial score (nSPS) is 20.4. The van der Waals surface area contributed by atoms with Gasteiger partial charge in [-0.05, 0) is 19.8 Å². The molecule has 0 aromatic carbocycles. The zero-order valence-corrected chi connectivity index (χ0v) is 12.8. The number of carbonyl (C=O) groups is 2. The van der Waals surface area contributed by atoms with Crippen LogP contribution < -0.4 is 0 Å². The van der Waals surface area contributed by atoms with E-state index in [-0.39, 0.29) is 12.1 Å². The average molecular weight is 288 g/mol. The number of nitrogens with zero attached hydrogens (tertiary/aromatic N) is 2. The van der Waals surface area contributed by atoms with E-state index in [4.69, 9.17) is 5.11 Å². The van der Waals surface area contributed by atoms with Crippen LogP contribution in [0.25, 0.3) is 0 Å². The van der Waals surface area contributed by atoms with Gasteiger partial charge in [0.05, 0.1) is 5.88 Å². The van der Waals surface area contributed by atoms with Gasteiger partial charge in [0.1, 0.15) is 6.04 Å². The van der Waals surface area contributed by atoms with Crippen LogP contribution in [-0.2, 0) is 4.79 Å². The molecule has 1 aliphatic rings. The van der Waals surface area contributed by atoms with Gasteiger partial charge in [-0.1, -0.05) is 20.3 Å². The van der Waals surface area contributed by atoms with E-state index in [2.05, 4.69) is 6.92 Å². The summed E-state index contributed by atoms with van der Waals surface area (Å²) in [4.78, 5) is 27.0. The quantitative estimate of drug-likeness (QED) is 0.815. The fourth-order valence-electron chi connectivity index (χ4n) is 2.05. The first-order valence-corrected chi connectivity index (χ1v) is 8.06. The number of unbranched alkanes of at least 4 members (excludes halogenated alkanes) is 1. The van der Waals surface area contributed by atoms with E-state index in [1.807, 2.05) is 18.7 Å². The molecule has 1 unspecified atom stereocenters. The minimum Gasteiger partial charge on any atom is -0.480 e. The fraction of sp³-hybridized carbons (Fsp3) is 0.846. The summed E-state index contributed by atoms with van der Waals surface area (Å²) in [7, 11) is 0. The second-order valence-electron chi connectivity index (χ2n) is 4.91. The minimum atomic E-state index is -0.905. The zero-order valence-electron chi connectivity index (χ0n) is 12.0. The van der Waals surface area contributed by atoms with Crippen molar-refractivity contribution in [2.45, 2.75) is 52.1 Å². The summed E-state index contributed by atoms with van der Waals surface area (Å²) in [6, 6.07) is -0.648. The second-order valence-corrected chi connectivity index (χ2v) is 5.91. The number of urea groups is 1. The van der Waals surface area contributed by atoms with E-state index in [0.717, 1.165) is 19.3 Å². The molecule has 0 radical (unpaired) electrons. The van der Waals surface area contributed by atoms with Crippen LogP contribution in [0.3, 0.4) is 0 Å². The van der Waals surface area contributed by atoms with Gasteiger partial charge in [0, 0.05) is 18.3 Å². The third-order valence-electron chi connectivity index (χ3n) is 3.53. The smallest absolute Gasteiger partial charge is 0.327 e. The highest BCUT2D eigenvalue weighted by Crippen LogP contribution is 2.23. The molecule has 1 heterocycles. The molecule has 0 saturated carbocycles. The highest BCUT2D eigenvalue weighted by Gasteiger charge is 2.37. The third-order valence-corrected chi connectivity index (χ3v) is 4.55. The molecule has 2 atom stereocenters. The van der Waals surface area contributed by atoms with Crippen LogP contribution in [0.4, 0.5) is 4.79 Å². The van der Waals surface area contributed by atoms with E-state index >= 15 is 0 Å². The van der Waals surface area contributed by atoms with Gasteiger partial charge in [-0.3, -0.25) is 0 Å². The van der Waals surface area contributed by atoms with Crippen molar-refractivity contribution in [3.63, 3.8) is 0 Å². The van der Waals surface area contributed by atoms with Crippen molar-refractivity contribution in [3.05, 3.63) is 0 Å². The standard InChI is InChI=1S/C13H24N2O3S/c1-4-6-7-14(10(3)5-2)13(18)15-9-19-8-11(15)12(16)17/h10-11H,4-9H2,1-3H3,(H,16,17)/t10?,11-/m0/s1. The topological polar surface area (TPSA) is 60.9 Å². The Balaban J connectivity index is 2.77. The maximum atomic E-state index is 12.5. The number of aliphatic carboxylic acids is 1. The monoisotopic (exact) mass is 288 g/mol. The van der Waals surface area contributed by atoms with Crippen molar-refractivity contribution < 1.29 is 14.7 Å². The van der Waals surface area contributed by atoms with Crippen LogP contribution >= 0.6 is 11.8 Å². The van der Waals surface area contributed by atoms with Gasteiger partial charge in [0.15, 0.2) is 0 Å². The summed E-state index contributed by atoms with van der Waals surface area (Å²) in [5, 5.41) is 9.16. The Kier molecular flexibility index (Phi) is 6.48. The molecule has 1 saturated heterocycles. The fourth-order valence-corrected chi connectivity index (χ4v) is 3.19. The Morgan fingerprint density at radius 3 is 2.68 bits per heavy atom. The number of carboxylic acids is 1. The van der Waals surface area contributed by atoms with Crippen molar-refractivity contribution in [2.75, 3.05) is 18.2 Å². The van der Waals surface area contributed by atoms with E-state index in [0.29, 0.717) is 18.2 Å².